The van der Waals surface area contributed by atoms with Gasteiger partial charge in [-0.05, 0) is 19.8 Å². The molecule has 0 bridgehead atoms. The van der Waals surface area contributed by atoms with Crippen molar-refractivity contribution in [3.63, 3.8) is 0 Å². The lowest BCUT2D eigenvalue weighted by Gasteiger charge is -2.19. The predicted molar refractivity (Wildman–Crippen MR) is 49.8 cm³/mol. The first-order chi connectivity index (χ1) is 5.72. The Labute approximate surface area is 74.9 Å². The van der Waals surface area contributed by atoms with Crippen LogP contribution in [0.1, 0.15) is 33.6 Å². The monoisotopic (exact) mass is 170 g/mol. The van der Waals surface area contributed by atoms with Crippen LogP contribution in [0.3, 0.4) is 0 Å². The Morgan fingerprint density at radius 3 is 2.42 bits per heavy atom. The summed E-state index contributed by atoms with van der Waals surface area (Å²) in [7, 11) is 0. The Bertz CT molecular complexity index is 160. The Kier molecular flexibility index (Phi) is 4.96. The summed E-state index contributed by atoms with van der Waals surface area (Å²) in [5, 5.41) is 8.87. The fraction of sp³-hybridized carbons (Fsp3) is 0.800. The predicted octanol–water partition coefficient (Wildman–Crippen LogP) is 1.58. The van der Waals surface area contributed by atoms with Gasteiger partial charge in [-0.2, -0.15) is 0 Å². The standard InChI is InChI=1S/C8H12O2.C2H6/c1-3-8(6-9)5-4-7(2)10-8;1-2/h1,7,9H,4-6H2,2H3;1-2H3. The van der Waals surface area contributed by atoms with Crippen LogP contribution in [-0.4, -0.2) is 23.4 Å². The molecule has 1 rings (SSSR count). The molecule has 0 amide bonds. The van der Waals surface area contributed by atoms with Gasteiger partial charge in [0.2, 0.25) is 0 Å². The Hall–Kier alpha value is -0.520. The molecule has 1 fully saturated rings. The van der Waals surface area contributed by atoms with E-state index in [-0.39, 0.29) is 12.7 Å². The summed E-state index contributed by atoms with van der Waals surface area (Å²) in [5.41, 5.74) is -0.667. The lowest BCUT2D eigenvalue weighted by Crippen LogP contribution is -2.31. The van der Waals surface area contributed by atoms with E-state index < -0.39 is 5.60 Å². The summed E-state index contributed by atoms with van der Waals surface area (Å²) >= 11 is 0. The maximum Gasteiger partial charge on any atom is 0.151 e. The highest BCUT2D eigenvalue weighted by Gasteiger charge is 2.35. The van der Waals surface area contributed by atoms with Crippen molar-refractivity contribution < 1.29 is 9.84 Å². The van der Waals surface area contributed by atoms with Crippen molar-refractivity contribution in [1.29, 1.82) is 0 Å². The average Bonchev–Trinajstić information content (AvgIpc) is 2.52. The molecular formula is C10H18O2. The molecule has 2 atom stereocenters. The molecule has 0 radical (unpaired) electrons. The lowest BCUT2D eigenvalue weighted by molar-refractivity contribution is -0.0274. The van der Waals surface area contributed by atoms with Gasteiger partial charge in [-0.25, -0.2) is 0 Å². The molecule has 0 aliphatic carbocycles. The zero-order chi connectivity index (χ0) is 9.61. The number of hydrogen-bond donors (Lipinski definition) is 1. The van der Waals surface area contributed by atoms with Crippen LogP contribution < -0.4 is 0 Å². The van der Waals surface area contributed by atoms with Gasteiger partial charge in [-0.15, -0.1) is 6.42 Å². The fourth-order valence-electron chi connectivity index (χ4n) is 1.21. The van der Waals surface area contributed by atoms with Crippen LogP contribution in [0.25, 0.3) is 0 Å². The summed E-state index contributed by atoms with van der Waals surface area (Å²) < 4.78 is 5.36. The van der Waals surface area contributed by atoms with Crippen LogP contribution in [0.2, 0.25) is 0 Å². The third-order valence-corrected chi connectivity index (χ3v) is 1.90. The topological polar surface area (TPSA) is 29.5 Å². The maximum absolute atomic E-state index is 8.87. The minimum Gasteiger partial charge on any atom is -0.392 e. The number of terminal acetylenes is 1. The average molecular weight is 170 g/mol. The molecule has 0 spiro atoms. The van der Waals surface area contributed by atoms with E-state index in [2.05, 4.69) is 5.92 Å². The van der Waals surface area contributed by atoms with E-state index in [0.29, 0.717) is 0 Å². The van der Waals surface area contributed by atoms with Crippen LogP contribution in [0.4, 0.5) is 0 Å². The van der Waals surface area contributed by atoms with Crippen molar-refractivity contribution >= 4 is 0 Å². The van der Waals surface area contributed by atoms with Crippen LogP contribution in [0.15, 0.2) is 0 Å². The lowest BCUT2D eigenvalue weighted by atomic mass is 10.0. The van der Waals surface area contributed by atoms with Gasteiger partial charge in [0.1, 0.15) is 0 Å². The first kappa shape index (κ1) is 11.5. The van der Waals surface area contributed by atoms with Crippen molar-refractivity contribution in [3.05, 3.63) is 0 Å². The number of hydrogen-bond acceptors (Lipinski definition) is 2. The molecule has 2 unspecified atom stereocenters. The summed E-state index contributed by atoms with van der Waals surface area (Å²) in [5.74, 6) is 2.49. The van der Waals surface area contributed by atoms with Gasteiger partial charge in [0.05, 0.1) is 12.7 Å². The van der Waals surface area contributed by atoms with Gasteiger partial charge in [0.15, 0.2) is 5.60 Å². The quantitative estimate of drug-likeness (QED) is 0.605. The molecule has 70 valence electrons. The van der Waals surface area contributed by atoms with Crippen LogP contribution in [-0.2, 0) is 4.74 Å². The maximum atomic E-state index is 8.87. The summed E-state index contributed by atoms with van der Waals surface area (Å²) in [6.45, 7) is 5.91. The van der Waals surface area contributed by atoms with Crippen LogP contribution in [0.5, 0.6) is 0 Å². The Balaban J connectivity index is 0.000000561. The second kappa shape index (κ2) is 5.18. The Morgan fingerprint density at radius 2 is 2.25 bits per heavy atom. The zero-order valence-electron chi connectivity index (χ0n) is 8.13. The molecule has 1 aliphatic heterocycles. The molecule has 0 aromatic heterocycles. The number of rotatable bonds is 1. The zero-order valence-corrected chi connectivity index (χ0v) is 8.13. The van der Waals surface area contributed by atoms with E-state index in [4.69, 9.17) is 16.3 Å². The largest absolute Gasteiger partial charge is 0.392 e. The van der Waals surface area contributed by atoms with Crippen molar-refractivity contribution in [2.45, 2.75) is 45.3 Å². The number of ether oxygens (including phenoxy) is 1. The van der Waals surface area contributed by atoms with Gasteiger partial charge in [0, 0.05) is 0 Å². The van der Waals surface area contributed by atoms with Crippen molar-refractivity contribution in [1.82, 2.24) is 0 Å². The molecule has 0 aromatic carbocycles. The first-order valence-corrected chi connectivity index (χ1v) is 4.49. The molecular weight excluding hydrogens is 152 g/mol. The summed E-state index contributed by atoms with van der Waals surface area (Å²) in [6.07, 6.45) is 7.13. The minimum atomic E-state index is -0.667. The normalized spacial score (nSPS) is 33.4. The number of aliphatic hydroxyl groups is 1. The van der Waals surface area contributed by atoms with Gasteiger partial charge < -0.3 is 9.84 Å². The molecule has 2 heteroatoms. The summed E-state index contributed by atoms with van der Waals surface area (Å²) in [4.78, 5) is 0. The molecule has 2 nitrogen and oxygen atoms in total. The van der Waals surface area contributed by atoms with E-state index in [1.54, 1.807) is 0 Å². The molecule has 12 heavy (non-hydrogen) atoms. The van der Waals surface area contributed by atoms with E-state index in [0.717, 1.165) is 12.8 Å². The highest BCUT2D eigenvalue weighted by Crippen LogP contribution is 2.28. The molecule has 1 heterocycles. The minimum absolute atomic E-state index is 0.0617. The van der Waals surface area contributed by atoms with E-state index >= 15 is 0 Å². The molecule has 0 aromatic rings. The molecule has 1 saturated heterocycles. The third kappa shape index (κ3) is 2.51. The van der Waals surface area contributed by atoms with Crippen molar-refractivity contribution in [2.24, 2.45) is 0 Å². The molecule has 1 N–H and O–H groups in total. The smallest absolute Gasteiger partial charge is 0.151 e. The second-order valence-electron chi connectivity index (χ2n) is 2.76. The summed E-state index contributed by atoms with van der Waals surface area (Å²) in [6, 6.07) is 0. The van der Waals surface area contributed by atoms with Crippen molar-refractivity contribution in [3.8, 4) is 12.3 Å². The molecule has 1 aliphatic rings. The van der Waals surface area contributed by atoms with Crippen LogP contribution >= 0.6 is 0 Å². The van der Waals surface area contributed by atoms with Crippen LogP contribution in [0, 0.1) is 12.3 Å². The third-order valence-electron chi connectivity index (χ3n) is 1.90. The number of aliphatic hydroxyl groups excluding tert-OH is 1. The Morgan fingerprint density at radius 1 is 1.67 bits per heavy atom. The van der Waals surface area contributed by atoms with Gasteiger partial charge >= 0.3 is 0 Å². The van der Waals surface area contributed by atoms with Gasteiger partial charge in [-0.1, -0.05) is 19.8 Å². The fourth-order valence-corrected chi connectivity index (χ4v) is 1.21. The van der Waals surface area contributed by atoms with Gasteiger partial charge in [0.25, 0.3) is 0 Å². The van der Waals surface area contributed by atoms with E-state index in [1.165, 1.54) is 0 Å². The first-order valence-electron chi connectivity index (χ1n) is 4.49. The van der Waals surface area contributed by atoms with E-state index in [1.807, 2.05) is 20.8 Å². The van der Waals surface area contributed by atoms with Gasteiger partial charge in [-0.3, -0.25) is 0 Å². The van der Waals surface area contributed by atoms with E-state index in [9.17, 15) is 0 Å². The second-order valence-corrected chi connectivity index (χ2v) is 2.76. The highest BCUT2D eigenvalue weighted by molar-refractivity contribution is 5.11. The van der Waals surface area contributed by atoms with Crippen molar-refractivity contribution in [2.75, 3.05) is 6.61 Å². The highest BCUT2D eigenvalue weighted by atomic mass is 16.5. The molecule has 0 saturated carbocycles. The SMILES string of the molecule is C#CC1(CO)CCC(C)O1.CC.